The third-order valence-corrected chi connectivity index (χ3v) is 6.90. The van der Waals surface area contributed by atoms with Crippen molar-refractivity contribution in [3.63, 3.8) is 0 Å². The average molecular weight is 546 g/mol. The Bertz CT molecular complexity index is 1480. The summed E-state index contributed by atoms with van der Waals surface area (Å²) in [5.41, 5.74) is 1.86. The number of aromatic nitrogens is 3. The van der Waals surface area contributed by atoms with Crippen LogP contribution in [-0.4, -0.2) is 53.7 Å². The Labute approximate surface area is 233 Å². The molecule has 3 aromatic carbocycles. The van der Waals surface area contributed by atoms with Gasteiger partial charge in [0.25, 0.3) is 0 Å². The highest BCUT2D eigenvalue weighted by molar-refractivity contribution is 6.02. The van der Waals surface area contributed by atoms with Gasteiger partial charge in [-0.25, -0.2) is 4.68 Å². The topological polar surface area (TPSA) is 108 Å². The summed E-state index contributed by atoms with van der Waals surface area (Å²) < 4.78 is 17.9. The minimum absolute atomic E-state index is 0.160. The molecule has 0 spiro atoms. The molecule has 210 valence electrons. The molecule has 1 heterocycles. The maximum absolute atomic E-state index is 14.3. The van der Waals surface area contributed by atoms with Gasteiger partial charge in [0.05, 0.1) is 32.5 Å². The van der Waals surface area contributed by atoms with Crippen LogP contribution in [0.15, 0.2) is 66.7 Å². The zero-order valence-electron chi connectivity index (χ0n) is 23.7. The summed E-state index contributed by atoms with van der Waals surface area (Å²) >= 11 is 0. The zero-order chi connectivity index (χ0) is 28.9. The molecule has 10 nitrogen and oxygen atoms in total. The lowest BCUT2D eigenvalue weighted by Crippen LogP contribution is -2.51. The molecule has 0 bridgehead atoms. The molecule has 10 heteroatoms. The van der Waals surface area contributed by atoms with E-state index in [9.17, 15) is 9.59 Å². The quantitative estimate of drug-likeness (QED) is 0.295. The van der Waals surface area contributed by atoms with E-state index in [-0.39, 0.29) is 18.4 Å². The van der Waals surface area contributed by atoms with Crippen LogP contribution in [0.4, 0.5) is 5.69 Å². The standard InChI is InChI=1S/C30H35N5O5/c1-7-30(2,3)31-29(37)28(20-12-14-21(38-4)15-13-20)35(25-17-16-22(39-5)18-26(25)40-6)27(36)19-34-24-11-9-8-10-23(24)32-33-34/h8-18,28H,7,19H2,1-6H3,(H,31,37). The summed E-state index contributed by atoms with van der Waals surface area (Å²) in [5.74, 6) is 0.826. The van der Waals surface area contributed by atoms with E-state index in [0.717, 1.165) is 0 Å². The van der Waals surface area contributed by atoms with E-state index in [4.69, 9.17) is 14.2 Å². The fourth-order valence-electron chi connectivity index (χ4n) is 4.33. The Morgan fingerprint density at radius 3 is 2.27 bits per heavy atom. The summed E-state index contributed by atoms with van der Waals surface area (Å²) in [7, 11) is 4.63. The van der Waals surface area contributed by atoms with Crippen molar-refractivity contribution in [1.82, 2.24) is 20.3 Å². The maximum Gasteiger partial charge on any atom is 0.249 e. The van der Waals surface area contributed by atoms with Crippen LogP contribution in [0.1, 0.15) is 38.8 Å². The van der Waals surface area contributed by atoms with E-state index in [1.807, 2.05) is 45.0 Å². The largest absolute Gasteiger partial charge is 0.497 e. The molecule has 1 atom stereocenters. The van der Waals surface area contributed by atoms with Crippen LogP contribution in [0.3, 0.4) is 0 Å². The Kier molecular flexibility index (Phi) is 8.57. The highest BCUT2D eigenvalue weighted by atomic mass is 16.5. The van der Waals surface area contributed by atoms with Gasteiger partial charge in [0, 0.05) is 11.6 Å². The molecule has 4 aromatic rings. The number of benzene rings is 3. The number of hydrogen-bond acceptors (Lipinski definition) is 7. The lowest BCUT2D eigenvalue weighted by atomic mass is 9.98. The number of nitrogens with one attached hydrogen (secondary N) is 1. The molecule has 0 saturated carbocycles. The molecule has 1 unspecified atom stereocenters. The van der Waals surface area contributed by atoms with E-state index in [1.54, 1.807) is 56.7 Å². The van der Waals surface area contributed by atoms with Crippen molar-refractivity contribution in [2.24, 2.45) is 0 Å². The third kappa shape index (κ3) is 6.01. The second-order valence-corrected chi connectivity index (χ2v) is 9.94. The predicted molar refractivity (Wildman–Crippen MR) is 153 cm³/mol. The van der Waals surface area contributed by atoms with E-state index in [1.165, 1.54) is 16.7 Å². The Morgan fingerprint density at radius 1 is 0.950 bits per heavy atom. The molecule has 0 radical (unpaired) electrons. The fourth-order valence-corrected chi connectivity index (χ4v) is 4.33. The van der Waals surface area contributed by atoms with Gasteiger partial charge in [0.15, 0.2) is 0 Å². The van der Waals surface area contributed by atoms with E-state index >= 15 is 0 Å². The number of anilines is 1. The van der Waals surface area contributed by atoms with Gasteiger partial charge >= 0.3 is 0 Å². The second kappa shape index (κ2) is 12.1. The first-order chi connectivity index (χ1) is 19.2. The Hall–Kier alpha value is -4.60. The third-order valence-electron chi connectivity index (χ3n) is 6.90. The maximum atomic E-state index is 14.3. The minimum Gasteiger partial charge on any atom is -0.497 e. The molecule has 40 heavy (non-hydrogen) atoms. The molecular weight excluding hydrogens is 510 g/mol. The van der Waals surface area contributed by atoms with Gasteiger partial charge in [-0.1, -0.05) is 36.4 Å². The first-order valence-electron chi connectivity index (χ1n) is 13.0. The van der Waals surface area contributed by atoms with E-state index < -0.39 is 11.6 Å². The molecule has 1 N–H and O–H groups in total. The summed E-state index contributed by atoms with van der Waals surface area (Å²) in [4.78, 5) is 29.8. The van der Waals surface area contributed by atoms with Gasteiger partial charge in [0.2, 0.25) is 11.8 Å². The van der Waals surface area contributed by atoms with Gasteiger partial charge in [-0.2, -0.15) is 0 Å². The number of amides is 2. The lowest BCUT2D eigenvalue weighted by Gasteiger charge is -2.35. The van der Waals surface area contributed by atoms with Crippen LogP contribution in [0.2, 0.25) is 0 Å². The normalized spacial score (nSPS) is 12.1. The highest BCUT2D eigenvalue weighted by Gasteiger charge is 2.37. The smallest absolute Gasteiger partial charge is 0.249 e. The monoisotopic (exact) mass is 545 g/mol. The second-order valence-electron chi connectivity index (χ2n) is 9.94. The Morgan fingerprint density at radius 2 is 1.62 bits per heavy atom. The molecule has 0 fully saturated rings. The molecule has 2 amide bonds. The predicted octanol–water partition coefficient (Wildman–Crippen LogP) is 4.54. The minimum atomic E-state index is -1.04. The van der Waals surface area contributed by atoms with Crippen molar-refractivity contribution in [1.29, 1.82) is 0 Å². The fraction of sp³-hybridized carbons (Fsp3) is 0.333. The number of methoxy groups -OCH3 is 3. The Balaban J connectivity index is 1.89. The van der Waals surface area contributed by atoms with Gasteiger partial charge in [0.1, 0.15) is 35.4 Å². The van der Waals surface area contributed by atoms with Crippen LogP contribution in [0.25, 0.3) is 11.0 Å². The number of rotatable bonds is 11. The van der Waals surface area contributed by atoms with Crippen molar-refractivity contribution in [3.8, 4) is 17.2 Å². The number of carbonyl (C=O) groups excluding carboxylic acids is 2. The first kappa shape index (κ1) is 28.4. The zero-order valence-corrected chi connectivity index (χ0v) is 23.7. The van der Waals surface area contributed by atoms with E-state index in [0.29, 0.717) is 46.0 Å². The molecule has 0 saturated heterocycles. The average Bonchev–Trinajstić information content (AvgIpc) is 3.37. The van der Waals surface area contributed by atoms with Gasteiger partial charge < -0.3 is 19.5 Å². The van der Waals surface area contributed by atoms with Crippen LogP contribution in [0.5, 0.6) is 17.2 Å². The van der Waals surface area contributed by atoms with Crippen molar-refractivity contribution in [2.45, 2.75) is 45.3 Å². The molecule has 0 aliphatic rings. The highest BCUT2D eigenvalue weighted by Crippen LogP contribution is 2.38. The van der Waals surface area contributed by atoms with Crippen molar-refractivity contribution in [3.05, 3.63) is 72.3 Å². The number of ether oxygens (including phenoxy) is 3. The molecular formula is C30H35N5O5. The van der Waals surface area contributed by atoms with Gasteiger partial charge in [-0.3, -0.25) is 14.5 Å². The van der Waals surface area contributed by atoms with Crippen molar-refractivity contribution >= 4 is 28.5 Å². The summed E-state index contributed by atoms with van der Waals surface area (Å²) in [6.45, 7) is 5.72. The molecule has 4 rings (SSSR count). The summed E-state index contributed by atoms with van der Waals surface area (Å²) in [5, 5.41) is 11.5. The van der Waals surface area contributed by atoms with Gasteiger partial charge in [-0.15, -0.1) is 5.10 Å². The first-order valence-corrected chi connectivity index (χ1v) is 13.0. The van der Waals surface area contributed by atoms with Crippen LogP contribution < -0.4 is 24.4 Å². The van der Waals surface area contributed by atoms with Gasteiger partial charge in [-0.05, 0) is 62.2 Å². The van der Waals surface area contributed by atoms with Crippen LogP contribution >= 0.6 is 0 Å². The SMILES string of the molecule is CCC(C)(C)NC(=O)C(c1ccc(OC)cc1)N(C(=O)Cn1nnc2ccccc21)c1ccc(OC)cc1OC. The lowest BCUT2D eigenvalue weighted by molar-refractivity contribution is -0.128. The number of fused-ring (bicyclic) bond motifs is 1. The van der Waals surface area contributed by atoms with Crippen molar-refractivity contribution < 1.29 is 23.8 Å². The molecule has 1 aromatic heterocycles. The van der Waals surface area contributed by atoms with E-state index in [2.05, 4.69) is 15.6 Å². The summed E-state index contributed by atoms with van der Waals surface area (Å²) in [6, 6.07) is 18.6. The number of hydrogen-bond donors (Lipinski definition) is 1. The number of para-hydroxylation sites is 1. The molecule has 0 aliphatic carbocycles. The number of carbonyl (C=O) groups is 2. The molecule has 0 aliphatic heterocycles. The van der Waals surface area contributed by atoms with Crippen LogP contribution in [-0.2, 0) is 16.1 Å². The summed E-state index contributed by atoms with van der Waals surface area (Å²) in [6.07, 6.45) is 0.693. The van der Waals surface area contributed by atoms with Crippen LogP contribution in [0, 0.1) is 0 Å². The number of nitrogens with zero attached hydrogens (tertiary/aromatic N) is 4. The van der Waals surface area contributed by atoms with Crippen molar-refractivity contribution in [2.75, 3.05) is 26.2 Å².